The van der Waals surface area contributed by atoms with E-state index >= 15 is 0 Å². The lowest BCUT2D eigenvalue weighted by Gasteiger charge is -2.28. The molecule has 5 rings (SSSR count). The molecule has 0 saturated carbocycles. The quantitative estimate of drug-likeness (QED) is 0.761. The molecule has 2 fully saturated rings. The van der Waals surface area contributed by atoms with Gasteiger partial charge < -0.3 is 9.64 Å². The molecule has 2 aliphatic heterocycles. The summed E-state index contributed by atoms with van der Waals surface area (Å²) >= 11 is 0. The number of hydrogen-bond donors (Lipinski definition) is 1. The van der Waals surface area contributed by atoms with Crippen LogP contribution in [0, 0.1) is 5.82 Å². The van der Waals surface area contributed by atoms with Crippen molar-refractivity contribution in [3.8, 4) is 5.75 Å². The summed E-state index contributed by atoms with van der Waals surface area (Å²) < 4.78 is 19.3. The lowest BCUT2D eigenvalue weighted by molar-refractivity contribution is -0.924. The van der Waals surface area contributed by atoms with Crippen molar-refractivity contribution in [1.82, 2.24) is 0 Å². The van der Waals surface area contributed by atoms with Gasteiger partial charge in [0, 0.05) is 12.8 Å². The number of hydrogen-bond acceptors (Lipinski definition) is 2. The van der Waals surface area contributed by atoms with Crippen LogP contribution in [-0.2, 0) is 4.79 Å². The first kappa shape index (κ1) is 17.2. The zero-order valence-corrected chi connectivity index (χ0v) is 15.7. The van der Waals surface area contributed by atoms with Crippen LogP contribution >= 0.6 is 0 Å². The molecular weight excluding hydrogens is 355 g/mol. The lowest BCUT2D eigenvalue weighted by atomic mass is 10.00. The Labute approximate surface area is 163 Å². The summed E-state index contributed by atoms with van der Waals surface area (Å²) in [5, 5.41) is 2.21. The normalized spacial score (nSPS) is 24.0. The van der Waals surface area contributed by atoms with Crippen LogP contribution in [0.15, 0.2) is 60.7 Å². The number of fused-ring (bicyclic) bond motifs is 2. The first-order valence-electron chi connectivity index (χ1n) is 9.69. The maximum atomic E-state index is 13.5. The predicted octanol–water partition coefficient (Wildman–Crippen LogP) is 3.08. The Hall–Kier alpha value is -2.92. The zero-order chi connectivity index (χ0) is 19.3. The molecule has 0 bridgehead atoms. The molecule has 1 amide bonds. The van der Waals surface area contributed by atoms with E-state index < -0.39 is 0 Å². The van der Waals surface area contributed by atoms with Crippen LogP contribution in [0.4, 0.5) is 10.1 Å². The number of nitrogens with one attached hydrogen (secondary N) is 1. The molecule has 0 spiro atoms. The van der Waals surface area contributed by atoms with Crippen LogP contribution in [0.25, 0.3) is 10.8 Å². The molecule has 0 aliphatic carbocycles. The van der Waals surface area contributed by atoms with Crippen molar-refractivity contribution >= 4 is 22.4 Å². The van der Waals surface area contributed by atoms with Crippen molar-refractivity contribution in [2.24, 2.45) is 0 Å². The van der Waals surface area contributed by atoms with Gasteiger partial charge in [-0.3, -0.25) is 9.69 Å². The number of nitrogens with zero attached hydrogens (tertiary/aromatic N) is 1. The fourth-order valence-corrected chi connectivity index (χ4v) is 4.87. The number of carbonyl (C=O) groups is 1. The Morgan fingerprint density at radius 3 is 2.64 bits per heavy atom. The molecule has 1 N–H and O–H groups in total. The second-order valence-electron chi connectivity index (χ2n) is 7.51. The molecule has 142 valence electrons. The topological polar surface area (TPSA) is 34.0 Å². The molecule has 3 aromatic rings. The maximum Gasteiger partial charge on any atom is 0.290 e. The van der Waals surface area contributed by atoms with Gasteiger partial charge in [-0.2, -0.15) is 0 Å². The number of anilines is 1. The summed E-state index contributed by atoms with van der Waals surface area (Å²) in [4.78, 5) is 16.5. The highest BCUT2D eigenvalue weighted by Crippen LogP contribution is 2.39. The summed E-state index contributed by atoms with van der Waals surface area (Å²) in [6.07, 6.45) is 1.73. The van der Waals surface area contributed by atoms with Crippen LogP contribution in [-0.4, -0.2) is 25.6 Å². The molecule has 28 heavy (non-hydrogen) atoms. The molecule has 2 heterocycles. The molecule has 2 saturated heterocycles. The number of ether oxygens (including phenoxy) is 1. The monoisotopic (exact) mass is 377 g/mol. The molecule has 3 atom stereocenters. The van der Waals surface area contributed by atoms with Gasteiger partial charge in [0.25, 0.3) is 5.91 Å². The smallest absolute Gasteiger partial charge is 0.290 e. The summed E-state index contributed by atoms with van der Waals surface area (Å²) in [6, 6.07) is 18.4. The Balaban J connectivity index is 1.75. The first-order valence-corrected chi connectivity index (χ1v) is 9.69. The molecular formula is C23H22FN2O2+. The minimum absolute atomic E-state index is 0.0567. The summed E-state index contributed by atoms with van der Waals surface area (Å²) in [6.45, 7) is 0.936. The zero-order valence-electron chi connectivity index (χ0n) is 15.7. The molecule has 0 radical (unpaired) electrons. The summed E-state index contributed by atoms with van der Waals surface area (Å²) in [5.74, 6) is 0.588. The Bertz CT molecular complexity index is 1050. The highest BCUT2D eigenvalue weighted by atomic mass is 19.1. The number of halogens is 1. The fourth-order valence-electron chi connectivity index (χ4n) is 4.87. The van der Waals surface area contributed by atoms with Gasteiger partial charge in [-0.1, -0.05) is 30.3 Å². The first-order chi connectivity index (χ1) is 13.7. The van der Waals surface area contributed by atoms with Crippen molar-refractivity contribution in [3.05, 3.63) is 72.0 Å². The van der Waals surface area contributed by atoms with Gasteiger partial charge in [0.1, 0.15) is 11.6 Å². The van der Waals surface area contributed by atoms with Crippen LogP contribution in [0.2, 0.25) is 0 Å². The predicted molar refractivity (Wildman–Crippen MR) is 106 cm³/mol. The van der Waals surface area contributed by atoms with E-state index in [2.05, 4.69) is 12.1 Å². The van der Waals surface area contributed by atoms with Crippen molar-refractivity contribution in [3.63, 3.8) is 0 Å². The van der Waals surface area contributed by atoms with Crippen LogP contribution in [0.5, 0.6) is 5.75 Å². The Morgan fingerprint density at radius 1 is 1.07 bits per heavy atom. The molecule has 3 aromatic carbocycles. The van der Waals surface area contributed by atoms with Gasteiger partial charge in [0.2, 0.25) is 6.17 Å². The maximum absolute atomic E-state index is 13.5. The minimum Gasteiger partial charge on any atom is -0.496 e. The van der Waals surface area contributed by atoms with Gasteiger partial charge in [-0.05, 0) is 41.1 Å². The number of rotatable bonds is 3. The van der Waals surface area contributed by atoms with E-state index in [1.807, 2.05) is 29.2 Å². The average Bonchev–Trinajstić information content (AvgIpc) is 3.30. The van der Waals surface area contributed by atoms with E-state index in [1.165, 1.54) is 17.0 Å². The number of benzene rings is 3. The summed E-state index contributed by atoms with van der Waals surface area (Å²) in [7, 11) is 1.67. The van der Waals surface area contributed by atoms with Gasteiger partial charge in [-0.25, -0.2) is 4.39 Å². The van der Waals surface area contributed by atoms with E-state index in [0.717, 1.165) is 47.2 Å². The molecule has 2 aliphatic rings. The van der Waals surface area contributed by atoms with Crippen LogP contribution < -0.4 is 14.5 Å². The SMILES string of the molecule is COc1ccc2ccccc2c1[C@@H]1N(c2ccc(F)cc2)C(=O)[C@H]2CCC[NH+]21. The van der Waals surface area contributed by atoms with Gasteiger partial charge in [0.05, 0.1) is 24.9 Å². The third-order valence-corrected chi connectivity index (χ3v) is 6.08. The van der Waals surface area contributed by atoms with Crippen molar-refractivity contribution in [1.29, 1.82) is 0 Å². The molecule has 1 unspecified atom stereocenters. The van der Waals surface area contributed by atoms with E-state index in [-0.39, 0.29) is 23.9 Å². The van der Waals surface area contributed by atoms with Crippen LogP contribution in [0.3, 0.4) is 0 Å². The fraction of sp³-hybridized carbons (Fsp3) is 0.261. The van der Waals surface area contributed by atoms with E-state index in [1.54, 1.807) is 19.2 Å². The molecule has 4 nitrogen and oxygen atoms in total. The van der Waals surface area contributed by atoms with Crippen molar-refractivity contribution < 1.29 is 18.8 Å². The number of carbonyl (C=O) groups excluding carboxylic acids is 1. The van der Waals surface area contributed by atoms with Gasteiger partial charge in [0.15, 0.2) is 6.04 Å². The Kier molecular flexibility index (Phi) is 4.05. The van der Waals surface area contributed by atoms with Gasteiger partial charge >= 0.3 is 0 Å². The van der Waals surface area contributed by atoms with Crippen LogP contribution in [0.1, 0.15) is 24.6 Å². The number of amides is 1. The van der Waals surface area contributed by atoms with E-state index in [0.29, 0.717) is 0 Å². The second-order valence-corrected chi connectivity index (χ2v) is 7.51. The summed E-state index contributed by atoms with van der Waals surface area (Å²) in [5.41, 5.74) is 1.76. The second kappa shape index (κ2) is 6.60. The minimum atomic E-state index is -0.303. The highest BCUT2D eigenvalue weighted by molar-refractivity contribution is 6.00. The molecule has 5 heteroatoms. The third-order valence-electron chi connectivity index (χ3n) is 6.08. The van der Waals surface area contributed by atoms with E-state index in [4.69, 9.17) is 4.74 Å². The van der Waals surface area contributed by atoms with Gasteiger partial charge in [-0.15, -0.1) is 0 Å². The number of quaternary nitrogens is 1. The average molecular weight is 377 g/mol. The lowest BCUT2D eigenvalue weighted by Crippen LogP contribution is -3.12. The van der Waals surface area contributed by atoms with E-state index in [9.17, 15) is 9.18 Å². The van der Waals surface area contributed by atoms with Crippen molar-refractivity contribution in [2.75, 3.05) is 18.6 Å². The Morgan fingerprint density at radius 2 is 1.86 bits per heavy atom. The van der Waals surface area contributed by atoms with Crippen molar-refractivity contribution in [2.45, 2.75) is 25.0 Å². The largest absolute Gasteiger partial charge is 0.496 e. The molecule has 0 aromatic heterocycles. The number of methoxy groups -OCH3 is 1. The third kappa shape index (κ3) is 2.50. The standard InChI is InChI=1S/C23H21FN2O2/c1-28-20-13-8-15-5-2-3-6-18(15)21(20)22-25-14-4-7-19(25)23(27)26(22)17-11-9-16(24)10-12-17/h2-3,5-6,8-13,19,22H,4,7,14H2,1H3/p+1/t19-,22+/m1/s1. The highest BCUT2D eigenvalue weighted by Gasteiger charge is 2.54.